The zero-order valence-electron chi connectivity index (χ0n) is 15.8. The number of nitrogens with zero attached hydrogens (tertiary/aromatic N) is 2. The van der Waals surface area contributed by atoms with Crippen LogP contribution >= 0.6 is 11.8 Å². The van der Waals surface area contributed by atoms with E-state index in [1.54, 1.807) is 30.2 Å². The lowest BCUT2D eigenvalue weighted by molar-refractivity contribution is 0.351. The van der Waals surface area contributed by atoms with Gasteiger partial charge in [-0.15, -0.1) is 6.42 Å². The second-order valence-electron chi connectivity index (χ2n) is 6.50. The van der Waals surface area contributed by atoms with Crippen LogP contribution < -0.4 is 0 Å². The average Bonchev–Trinajstić information content (AvgIpc) is 2.77. The van der Waals surface area contributed by atoms with E-state index in [9.17, 15) is 5.11 Å². The van der Waals surface area contributed by atoms with Gasteiger partial charge in [-0.3, -0.25) is 15.1 Å². The van der Waals surface area contributed by atoms with Crippen LogP contribution in [0.5, 0.6) is 5.75 Å². The molecule has 0 saturated heterocycles. The van der Waals surface area contributed by atoms with Gasteiger partial charge in [0.15, 0.2) is 5.75 Å². The molecule has 0 spiro atoms. The molecular weight excluding hydrogens is 376 g/mol. The molecule has 0 N–H and O–H groups in total. The second kappa shape index (κ2) is 8.22. The zero-order valence-corrected chi connectivity index (χ0v) is 16.6. The van der Waals surface area contributed by atoms with E-state index >= 15 is 0 Å². The van der Waals surface area contributed by atoms with Gasteiger partial charge in [0, 0.05) is 38.9 Å². The highest BCUT2D eigenvalue weighted by Gasteiger charge is 2.15. The third kappa shape index (κ3) is 4.01. The standard InChI is InChI=1S/C25H17N2OS/c1-3-20-21(23-9-5-7-13-27-23)15-18(22-8-4-6-12-26-22)16-25(20)29-19-10-11-24(28)17(2)14-19/h1,4-16H,2H3. The predicted molar refractivity (Wildman–Crippen MR) is 116 cm³/mol. The minimum Gasteiger partial charge on any atom is -0.290 e. The van der Waals surface area contributed by atoms with Gasteiger partial charge in [-0.25, -0.2) is 0 Å². The zero-order chi connectivity index (χ0) is 20.2. The van der Waals surface area contributed by atoms with Crippen LogP contribution in [0.4, 0.5) is 0 Å². The number of hydrogen-bond acceptors (Lipinski definition) is 3. The van der Waals surface area contributed by atoms with E-state index in [2.05, 4.69) is 22.0 Å². The van der Waals surface area contributed by atoms with Gasteiger partial charge in [0.05, 0.1) is 11.4 Å². The van der Waals surface area contributed by atoms with E-state index in [-0.39, 0.29) is 5.75 Å². The Morgan fingerprint density at radius 2 is 1.62 bits per heavy atom. The van der Waals surface area contributed by atoms with Crippen molar-refractivity contribution in [1.82, 2.24) is 9.97 Å². The van der Waals surface area contributed by atoms with Gasteiger partial charge in [-0.05, 0) is 67.1 Å². The third-order valence-electron chi connectivity index (χ3n) is 4.52. The number of rotatable bonds is 4. The molecule has 29 heavy (non-hydrogen) atoms. The fraction of sp³-hybridized carbons (Fsp3) is 0.0400. The van der Waals surface area contributed by atoms with Crippen molar-refractivity contribution in [2.45, 2.75) is 16.7 Å². The molecule has 4 rings (SSSR count). The van der Waals surface area contributed by atoms with Crippen LogP contribution in [0.3, 0.4) is 0 Å². The third-order valence-corrected chi connectivity index (χ3v) is 5.55. The first-order chi connectivity index (χ1) is 14.2. The lowest BCUT2D eigenvalue weighted by atomic mass is 9.99. The van der Waals surface area contributed by atoms with Crippen molar-refractivity contribution in [2.75, 3.05) is 0 Å². The summed E-state index contributed by atoms with van der Waals surface area (Å²) in [5.41, 5.74) is 5.01. The Labute approximate surface area is 174 Å². The van der Waals surface area contributed by atoms with Gasteiger partial charge in [0.25, 0.3) is 0 Å². The van der Waals surface area contributed by atoms with E-state index in [4.69, 9.17) is 6.42 Å². The van der Waals surface area contributed by atoms with Crippen molar-refractivity contribution in [2.24, 2.45) is 0 Å². The van der Waals surface area contributed by atoms with Crippen molar-refractivity contribution in [3.8, 4) is 40.6 Å². The molecular formula is C25H17N2OS. The summed E-state index contributed by atoms with van der Waals surface area (Å²) in [5, 5.41) is 11.8. The minimum atomic E-state index is 0.0305. The smallest absolute Gasteiger partial charge is 0.181 e. The van der Waals surface area contributed by atoms with Crippen LogP contribution in [0.25, 0.3) is 22.5 Å². The quantitative estimate of drug-likeness (QED) is 0.377. The molecule has 0 aliphatic rings. The van der Waals surface area contributed by atoms with Crippen molar-refractivity contribution in [3.05, 3.63) is 90.3 Å². The Bertz CT molecular complexity index is 1200. The van der Waals surface area contributed by atoms with Crippen LogP contribution in [-0.4, -0.2) is 9.97 Å². The summed E-state index contributed by atoms with van der Waals surface area (Å²) in [7, 11) is 0. The molecule has 3 nitrogen and oxygen atoms in total. The molecule has 139 valence electrons. The molecule has 0 unspecified atom stereocenters. The molecule has 0 aliphatic carbocycles. The number of terminal acetylenes is 1. The first-order valence-corrected chi connectivity index (χ1v) is 9.90. The summed E-state index contributed by atoms with van der Waals surface area (Å²) in [6, 6.07) is 21.0. The summed E-state index contributed by atoms with van der Waals surface area (Å²) in [5.74, 6) is 2.88. The Balaban J connectivity index is 1.90. The number of benzene rings is 2. The molecule has 0 aliphatic heterocycles. The molecule has 4 aromatic rings. The SMILES string of the molecule is C#Cc1c(Sc2ccc([O])c(C)c2)cc(-c2ccccn2)cc1-c1ccccn1. The molecule has 4 heteroatoms. The van der Waals surface area contributed by atoms with E-state index in [1.165, 1.54) is 0 Å². The van der Waals surface area contributed by atoms with Gasteiger partial charge in [-0.1, -0.05) is 29.8 Å². The highest BCUT2D eigenvalue weighted by Crippen LogP contribution is 2.39. The number of aryl methyl sites for hydroxylation is 1. The molecule has 2 heterocycles. The fourth-order valence-electron chi connectivity index (χ4n) is 3.06. The van der Waals surface area contributed by atoms with Gasteiger partial charge < -0.3 is 0 Å². The van der Waals surface area contributed by atoms with Crippen molar-refractivity contribution in [1.29, 1.82) is 0 Å². The molecule has 2 aromatic heterocycles. The maximum absolute atomic E-state index is 11.8. The Morgan fingerprint density at radius 3 is 2.24 bits per heavy atom. The summed E-state index contributed by atoms with van der Waals surface area (Å²) < 4.78 is 0. The highest BCUT2D eigenvalue weighted by molar-refractivity contribution is 7.99. The normalized spacial score (nSPS) is 10.5. The predicted octanol–water partition coefficient (Wildman–Crippen LogP) is 6.40. The average molecular weight is 393 g/mol. The van der Waals surface area contributed by atoms with Crippen molar-refractivity contribution >= 4 is 11.8 Å². The number of hydrogen-bond donors (Lipinski definition) is 0. The van der Waals surface area contributed by atoms with Crippen LogP contribution in [0.2, 0.25) is 0 Å². The topological polar surface area (TPSA) is 45.7 Å². The molecule has 0 fully saturated rings. The Hall–Kier alpha value is -3.55. The molecule has 0 bridgehead atoms. The van der Waals surface area contributed by atoms with Crippen LogP contribution in [0.15, 0.2) is 88.9 Å². The molecule has 0 amide bonds. The lowest BCUT2D eigenvalue weighted by Gasteiger charge is -2.14. The molecule has 1 radical (unpaired) electrons. The summed E-state index contributed by atoms with van der Waals surface area (Å²) in [6.07, 6.45) is 9.46. The summed E-state index contributed by atoms with van der Waals surface area (Å²) in [6.45, 7) is 1.82. The fourth-order valence-corrected chi connectivity index (χ4v) is 4.15. The van der Waals surface area contributed by atoms with Gasteiger partial charge in [0.2, 0.25) is 0 Å². The largest absolute Gasteiger partial charge is 0.290 e. The molecule has 2 aromatic carbocycles. The van der Waals surface area contributed by atoms with E-state index in [0.717, 1.165) is 37.9 Å². The molecule has 0 atom stereocenters. The maximum atomic E-state index is 11.8. The van der Waals surface area contributed by atoms with Crippen LogP contribution in [-0.2, 0) is 5.11 Å². The first kappa shape index (κ1) is 18.8. The second-order valence-corrected chi connectivity index (χ2v) is 7.62. The Morgan fingerprint density at radius 1 is 0.897 bits per heavy atom. The molecule has 0 saturated carbocycles. The van der Waals surface area contributed by atoms with Crippen LogP contribution in [0, 0.1) is 19.3 Å². The van der Waals surface area contributed by atoms with Crippen molar-refractivity contribution < 1.29 is 5.11 Å². The highest BCUT2D eigenvalue weighted by atomic mass is 32.2. The van der Waals surface area contributed by atoms with Crippen LogP contribution in [0.1, 0.15) is 11.1 Å². The van der Waals surface area contributed by atoms with Gasteiger partial charge in [-0.2, -0.15) is 0 Å². The summed E-state index contributed by atoms with van der Waals surface area (Å²) >= 11 is 1.54. The lowest BCUT2D eigenvalue weighted by Crippen LogP contribution is -1.94. The monoisotopic (exact) mass is 393 g/mol. The van der Waals surface area contributed by atoms with E-state index in [0.29, 0.717) is 5.56 Å². The minimum absolute atomic E-state index is 0.0305. The maximum Gasteiger partial charge on any atom is 0.181 e. The van der Waals surface area contributed by atoms with Gasteiger partial charge in [0.1, 0.15) is 0 Å². The van der Waals surface area contributed by atoms with Gasteiger partial charge >= 0.3 is 0 Å². The summed E-state index contributed by atoms with van der Waals surface area (Å²) in [4.78, 5) is 10.9. The van der Waals surface area contributed by atoms with E-state index in [1.807, 2.05) is 61.5 Å². The van der Waals surface area contributed by atoms with E-state index < -0.39 is 0 Å². The van der Waals surface area contributed by atoms with Crippen molar-refractivity contribution in [3.63, 3.8) is 0 Å². The number of aromatic nitrogens is 2. The number of pyridine rings is 2. The Kier molecular flexibility index (Phi) is 5.33. The first-order valence-electron chi connectivity index (χ1n) is 9.08.